The molecule has 0 aromatic carbocycles. The summed E-state index contributed by atoms with van der Waals surface area (Å²) in [7, 11) is 0. The number of aliphatic hydroxyl groups excluding tert-OH is 2. The highest BCUT2D eigenvalue weighted by Crippen LogP contribution is 2.89. The van der Waals surface area contributed by atoms with Crippen LogP contribution in [0.5, 0.6) is 0 Å². The lowest BCUT2D eigenvalue weighted by molar-refractivity contribution is -0.283. The Balaban J connectivity index is 1.41. The summed E-state index contributed by atoms with van der Waals surface area (Å²) in [5.41, 5.74) is -1.77. The molecule has 15 atom stereocenters. The number of hydrogen-bond donors (Lipinski definition) is 3. The van der Waals surface area contributed by atoms with E-state index < -0.39 is 52.4 Å². The van der Waals surface area contributed by atoms with Crippen molar-refractivity contribution in [2.75, 3.05) is 6.54 Å². The van der Waals surface area contributed by atoms with E-state index in [-0.39, 0.29) is 41.6 Å². The second-order valence-electron chi connectivity index (χ2n) is 13.3. The Hall–Kier alpha value is -1.48. The van der Waals surface area contributed by atoms with Crippen molar-refractivity contribution in [2.45, 2.75) is 89.6 Å². The van der Waals surface area contributed by atoms with Gasteiger partial charge in [-0.1, -0.05) is 32.9 Å². The number of esters is 2. The number of carbonyl (C=O) groups excluding carboxylic acids is 2. The standard InChI is InChI=1S/C27H37NO7/c1-6-11(2)22(32)35-18-15-12(3)7-25-9-27(33)23-24(5)10-28(27)20(16(25)17(15)31)26(23,19(18)25)8-14(30)21(24)34-13(4)29/h11,14-21,23,30-31,33H,3,6-10H2,1-2,4-5H3. The van der Waals surface area contributed by atoms with E-state index in [1.165, 1.54) is 6.92 Å². The van der Waals surface area contributed by atoms with Crippen molar-refractivity contribution >= 4 is 11.9 Å². The van der Waals surface area contributed by atoms with Gasteiger partial charge in [0, 0.05) is 54.0 Å². The molecule has 6 saturated carbocycles. The smallest absolute Gasteiger partial charge is 0.308 e. The third-order valence-electron chi connectivity index (χ3n) is 11.9. The van der Waals surface area contributed by atoms with Crippen LogP contribution in [0.1, 0.15) is 53.4 Å². The molecule has 6 aliphatic carbocycles. The minimum atomic E-state index is -1.10. The van der Waals surface area contributed by atoms with E-state index in [2.05, 4.69) is 11.5 Å². The highest BCUT2D eigenvalue weighted by Gasteiger charge is 2.95. The molecule has 3 aliphatic heterocycles. The highest BCUT2D eigenvalue weighted by atomic mass is 16.6. The Labute approximate surface area is 205 Å². The van der Waals surface area contributed by atoms with Crippen molar-refractivity contribution in [3.8, 4) is 0 Å². The molecule has 0 radical (unpaired) electrons. The molecule has 2 spiro atoms. The number of nitrogens with zero attached hydrogens (tertiary/aromatic N) is 1. The Morgan fingerprint density at radius 3 is 2.66 bits per heavy atom. The molecule has 3 saturated heterocycles. The van der Waals surface area contributed by atoms with E-state index in [1.54, 1.807) is 0 Å². The number of aliphatic hydroxyl groups is 3. The third kappa shape index (κ3) is 2.12. The summed E-state index contributed by atoms with van der Waals surface area (Å²) in [4.78, 5) is 27.3. The van der Waals surface area contributed by atoms with Gasteiger partial charge in [0.1, 0.15) is 17.9 Å². The number of rotatable bonds is 4. The van der Waals surface area contributed by atoms with Crippen LogP contribution in [0.3, 0.4) is 0 Å². The minimum Gasteiger partial charge on any atom is -0.461 e. The van der Waals surface area contributed by atoms with E-state index in [4.69, 9.17) is 9.47 Å². The topological polar surface area (TPSA) is 117 Å². The molecule has 3 N–H and O–H groups in total. The van der Waals surface area contributed by atoms with Gasteiger partial charge in [0.2, 0.25) is 0 Å². The maximum atomic E-state index is 13.1. The molecule has 8 heteroatoms. The van der Waals surface area contributed by atoms with Crippen LogP contribution >= 0.6 is 0 Å². The summed E-state index contributed by atoms with van der Waals surface area (Å²) in [6.07, 6.45) is -0.595. The summed E-state index contributed by atoms with van der Waals surface area (Å²) in [6.45, 7) is 12.0. The van der Waals surface area contributed by atoms with Crippen molar-refractivity contribution < 1.29 is 34.4 Å². The Morgan fingerprint density at radius 2 is 2.00 bits per heavy atom. The number of hydrogen-bond acceptors (Lipinski definition) is 8. The fraction of sp³-hybridized carbons (Fsp3) is 0.852. The first kappa shape index (κ1) is 22.7. The van der Waals surface area contributed by atoms with Gasteiger partial charge in [-0.3, -0.25) is 14.5 Å². The molecule has 15 unspecified atom stereocenters. The Bertz CT molecular complexity index is 1060. The Kier molecular flexibility index (Phi) is 4.10. The van der Waals surface area contributed by atoms with Crippen LogP contribution in [0.2, 0.25) is 0 Å². The van der Waals surface area contributed by atoms with Crippen LogP contribution in [-0.4, -0.2) is 74.9 Å². The van der Waals surface area contributed by atoms with Gasteiger partial charge in [-0.25, -0.2) is 0 Å². The molecule has 8 nitrogen and oxygen atoms in total. The van der Waals surface area contributed by atoms with Crippen LogP contribution in [0, 0.1) is 45.8 Å². The molecule has 0 aromatic heterocycles. The van der Waals surface area contributed by atoms with Gasteiger partial charge in [0.15, 0.2) is 0 Å². The first-order valence-electron chi connectivity index (χ1n) is 13.3. The zero-order valence-electron chi connectivity index (χ0n) is 20.9. The van der Waals surface area contributed by atoms with Gasteiger partial charge in [-0.2, -0.15) is 0 Å². The second-order valence-corrected chi connectivity index (χ2v) is 13.3. The predicted octanol–water partition coefficient (Wildman–Crippen LogP) is 1.22. The number of fused-ring (bicyclic) bond motifs is 1. The summed E-state index contributed by atoms with van der Waals surface area (Å²) in [5.74, 6) is -1.66. The second kappa shape index (κ2) is 6.32. The molecule has 35 heavy (non-hydrogen) atoms. The fourth-order valence-corrected chi connectivity index (χ4v) is 11.6. The summed E-state index contributed by atoms with van der Waals surface area (Å²) < 4.78 is 12.0. The lowest BCUT2D eigenvalue weighted by atomic mass is 9.38. The van der Waals surface area contributed by atoms with Crippen LogP contribution in [0.4, 0.5) is 0 Å². The monoisotopic (exact) mass is 487 g/mol. The van der Waals surface area contributed by atoms with Crippen molar-refractivity contribution in [1.29, 1.82) is 0 Å². The lowest BCUT2D eigenvalue weighted by Crippen LogP contribution is -2.72. The van der Waals surface area contributed by atoms with Gasteiger partial charge < -0.3 is 24.8 Å². The zero-order valence-corrected chi connectivity index (χ0v) is 20.9. The molecule has 192 valence electrons. The van der Waals surface area contributed by atoms with Crippen LogP contribution in [0.15, 0.2) is 12.2 Å². The van der Waals surface area contributed by atoms with Crippen molar-refractivity contribution in [3.05, 3.63) is 12.2 Å². The third-order valence-corrected chi connectivity index (χ3v) is 11.9. The van der Waals surface area contributed by atoms with Crippen LogP contribution in [0.25, 0.3) is 0 Å². The minimum absolute atomic E-state index is 0.0612. The van der Waals surface area contributed by atoms with Gasteiger partial charge in [-0.05, 0) is 31.1 Å². The average molecular weight is 488 g/mol. The van der Waals surface area contributed by atoms with E-state index >= 15 is 0 Å². The maximum Gasteiger partial charge on any atom is 0.308 e. The number of piperidine rings is 2. The van der Waals surface area contributed by atoms with Gasteiger partial charge >= 0.3 is 11.9 Å². The molecule has 9 fully saturated rings. The molecule has 9 rings (SSSR count). The molecule has 0 aromatic rings. The van der Waals surface area contributed by atoms with Crippen molar-refractivity contribution in [3.63, 3.8) is 0 Å². The maximum absolute atomic E-state index is 13.1. The summed E-state index contributed by atoms with van der Waals surface area (Å²) >= 11 is 0. The lowest BCUT2D eigenvalue weighted by Gasteiger charge is -2.68. The molecule has 9 aliphatic rings. The summed E-state index contributed by atoms with van der Waals surface area (Å²) in [5, 5.41) is 35.6. The normalized spacial score (nSPS) is 60.7. The molecule has 0 amide bonds. The first-order valence-corrected chi connectivity index (χ1v) is 13.3. The SMILES string of the molecule is C=C1CC23CC4(O)C5C6(C)CN4C4C2C(O)C1C(OC(=O)C(C)CC)C3C45CC(O)C6OC(C)=O. The van der Waals surface area contributed by atoms with Gasteiger partial charge in [0.05, 0.1) is 18.1 Å². The summed E-state index contributed by atoms with van der Waals surface area (Å²) in [6, 6.07) is -0.102. The molecular weight excluding hydrogens is 450 g/mol. The van der Waals surface area contributed by atoms with E-state index in [0.717, 1.165) is 5.57 Å². The van der Waals surface area contributed by atoms with Crippen molar-refractivity contribution in [1.82, 2.24) is 4.90 Å². The average Bonchev–Trinajstić information content (AvgIpc) is 3.14. The molecule has 3 heterocycles. The molecular formula is C27H37NO7. The van der Waals surface area contributed by atoms with Crippen molar-refractivity contribution in [2.24, 2.45) is 45.8 Å². The quantitative estimate of drug-likeness (QED) is 0.401. The van der Waals surface area contributed by atoms with Crippen LogP contribution < -0.4 is 0 Å². The van der Waals surface area contributed by atoms with E-state index in [1.807, 2.05) is 20.8 Å². The van der Waals surface area contributed by atoms with Gasteiger partial charge in [0.25, 0.3) is 0 Å². The fourth-order valence-electron chi connectivity index (χ4n) is 11.6. The van der Waals surface area contributed by atoms with E-state index in [0.29, 0.717) is 32.2 Å². The van der Waals surface area contributed by atoms with E-state index in [9.17, 15) is 24.9 Å². The van der Waals surface area contributed by atoms with Gasteiger partial charge in [-0.15, -0.1) is 0 Å². The predicted molar refractivity (Wildman–Crippen MR) is 122 cm³/mol. The number of carbonyl (C=O) groups is 2. The Morgan fingerprint density at radius 1 is 1.29 bits per heavy atom. The number of ether oxygens (including phenoxy) is 2. The largest absolute Gasteiger partial charge is 0.461 e. The first-order chi connectivity index (χ1) is 16.4. The highest BCUT2D eigenvalue weighted by molar-refractivity contribution is 5.72. The molecule has 9 bridgehead atoms. The zero-order chi connectivity index (χ0) is 25.0. The van der Waals surface area contributed by atoms with Crippen LogP contribution in [-0.2, 0) is 19.1 Å².